The van der Waals surface area contributed by atoms with Crippen LogP contribution in [0.25, 0.3) is 5.76 Å². The molecule has 0 atom stereocenters. The van der Waals surface area contributed by atoms with E-state index < -0.39 is 23.2 Å². The summed E-state index contributed by atoms with van der Waals surface area (Å²) >= 11 is 0. The quantitative estimate of drug-likeness (QED) is 0.540. The first-order chi connectivity index (χ1) is 8.06. The second-order valence-corrected chi connectivity index (χ2v) is 3.76. The molecule has 1 aromatic carbocycles. The topological polar surface area (TPSA) is 87.0 Å². The maximum atomic E-state index is 11.5. The fraction of sp³-hybridized carbons (Fsp3) is 0.250. The van der Waals surface area contributed by atoms with Crippen LogP contribution in [0.15, 0.2) is 12.1 Å². The highest BCUT2D eigenvalue weighted by molar-refractivity contribution is 6.05. The van der Waals surface area contributed by atoms with Gasteiger partial charge in [0.05, 0.1) is 11.1 Å². The van der Waals surface area contributed by atoms with Gasteiger partial charge in [0.1, 0.15) is 5.76 Å². The molecule has 0 aliphatic carbocycles. The van der Waals surface area contributed by atoms with Gasteiger partial charge in [-0.25, -0.2) is 4.79 Å². The Morgan fingerprint density at radius 1 is 1.29 bits per heavy atom. The summed E-state index contributed by atoms with van der Waals surface area (Å²) in [4.78, 5) is 11.5. The molecule has 5 heteroatoms. The molecule has 0 bridgehead atoms. The molecule has 0 amide bonds. The van der Waals surface area contributed by atoms with Crippen LogP contribution < -0.4 is 0 Å². The molecule has 1 heterocycles. The van der Waals surface area contributed by atoms with Crippen molar-refractivity contribution in [3.63, 3.8) is 0 Å². The summed E-state index contributed by atoms with van der Waals surface area (Å²) in [5.41, 5.74) is 0.193. The fourth-order valence-corrected chi connectivity index (χ4v) is 1.68. The van der Waals surface area contributed by atoms with Crippen molar-refractivity contribution in [1.82, 2.24) is 0 Å². The van der Waals surface area contributed by atoms with Gasteiger partial charge in [-0.2, -0.15) is 0 Å². The minimum atomic E-state index is -0.649. The molecule has 90 valence electrons. The van der Waals surface area contributed by atoms with E-state index in [1.54, 1.807) is 6.08 Å². The molecule has 0 spiro atoms. The lowest BCUT2D eigenvalue weighted by atomic mass is 10.0. The van der Waals surface area contributed by atoms with Crippen molar-refractivity contribution < 1.29 is 24.9 Å². The smallest absolute Gasteiger partial charge is 0.344 e. The van der Waals surface area contributed by atoms with Gasteiger partial charge in [-0.1, -0.05) is 13.3 Å². The second-order valence-electron chi connectivity index (χ2n) is 3.76. The van der Waals surface area contributed by atoms with Crippen molar-refractivity contribution in [2.24, 2.45) is 0 Å². The van der Waals surface area contributed by atoms with Gasteiger partial charge in [-0.05, 0) is 18.6 Å². The lowest BCUT2D eigenvalue weighted by Crippen LogP contribution is -1.93. The monoisotopic (exact) mass is 236 g/mol. The molecule has 2 rings (SSSR count). The summed E-state index contributed by atoms with van der Waals surface area (Å²) < 4.78 is 4.96. The van der Waals surface area contributed by atoms with E-state index in [1.165, 1.54) is 0 Å². The fourth-order valence-electron chi connectivity index (χ4n) is 1.68. The van der Waals surface area contributed by atoms with Crippen LogP contribution in [0, 0.1) is 0 Å². The highest BCUT2D eigenvalue weighted by Gasteiger charge is 2.32. The van der Waals surface area contributed by atoms with Crippen molar-refractivity contribution in [3.05, 3.63) is 23.3 Å². The van der Waals surface area contributed by atoms with Crippen LogP contribution in [0.4, 0.5) is 0 Å². The molecule has 1 aromatic rings. The van der Waals surface area contributed by atoms with Crippen molar-refractivity contribution >= 4 is 11.7 Å². The number of esters is 1. The number of phenolic OH excluding ortho intramolecular Hbond substituents is 3. The predicted molar refractivity (Wildman–Crippen MR) is 59.7 cm³/mol. The predicted octanol–water partition coefficient (Wildman–Crippen LogP) is 2.11. The minimum Gasteiger partial charge on any atom is -0.504 e. The van der Waals surface area contributed by atoms with Gasteiger partial charge in [0.15, 0.2) is 11.5 Å². The number of carbonyl (C=O) groups excluding carboxylic acids is 1. The van der Waals surface area contributed by atoms with Crippen LogP contribution in [0.5, 0.6) is 17.2 Å². The van der Waals surface area contributed by atoms with Gasteiger partial charge in [0.25, 0.3) is 0 Å². The van der Waals surface area contributed by atoms with Crippen LogP contribution in [0.2, 0.25) is 0 Å². The number of aromatic hydroxyl groups is 3. The van der Waals surface area contributed by atoms with E-state index in [9.17, 15) is 20.1 Å². The summed E-state index contributed by atoms with van der Waals surface area (Å²) in [5.74, 6) is -2.15. The van der Waals surface area contributed by atoms with E-state index in [-0.39, 0.29) is 16.9 Å². The van der Waals surface area contributed by atoms with Crippen LogP contribution >= 0.6 is 0 Å². The Kier molecular flexibility index (Phi) is 2.67. The third-order valence-electron chi connectivity index (χ3n) is 2.54. The van der Waals surface area contributed by atoms with E-state index >= 15 is 0 Å². The molecule has 1 aliphatic rings. The highest BCUT2D eigenvalue weighted by Crippen LogP contribution is 2.46. The minimum absolute atomic E-state index is 0.0557. The number of hydrogen-bond acceptors (Lipinski definition) is 5. The average Bonchev–Trinajstić information content (AvgIpc) is 2.61. The lowest BCUT2D eigenvalue weighted by molar-refractivity contribution is 0.0715. The molecule has 5 nitrogen and oxygen atoms in total. The van der Waals surface area contributed by atoms with Gasteiger partial charge in [-0.3, -0.25) is 0 Å². The van der Waals surface area contributed by atoms with Crippen molar-refractivity contribution in [3.8, 4) is 17.2 Å². The molecule has 0 fully saturated rings. The Hall–Kier alpha value is -2.17. The molecule has 0 saturated heterocycles. The van der Waals surface area contributed by atoms with Crippen LogP contribution in [-0.2, 0) is 4.74 Å². The first-order valence-corrected chi connectivity index (χ1v) is 5.26. The number of hydrogen-bond donors (Lipinski definition) is 3. The van der Waals surface area contributed by atoms with Crippen molar-refractivity contribution in [2.45, 2.75) is 19.8 Å². The zero-order chi connectivity index (χ0) is 12.6. The zero-order valence-corrected chi connectivity index (χ0v) is 9.23. The molecule has 0 aromatic heterocycles. The number of fused-ring (bicyclic) bond motifs is 1. The Balaban J connectivity index is 2.61. The summed E-state index contributed by atoms with van der Waals surface area (Å²) in [6.45, 7) is 1.96. The van der Waals surface area contributed by atoms with Gasteiger partial charge in [-0.15, -0.1) is 0 Å². The Labute approximate surface area is 97.6 Å². The van der Waals surface area contributed by atoms with Gasteiger partial charge in [0, 0.05) is 0 Å². The van der Waals surface area contributed by atoms with Gasteiger partial charge < -0.3 is 20.1 Å². The number of allylic oxidation sites excluding steroid dienone is 1. The largest absolute Gasteiger partial charge is 0.504 e. The summed E-state index contributed by atoms with van der Waals surface area (Å²) in [7, 11) is 0. The molecule has 3 N–H and O–H groups in total. The number of unbranched alkanes of at least 4 members (excludes halogenated alkanes) is 1. The van der Waals surface area contributed by atoms with Crippen LogP contribution in [-0.4, -0.2) is 21.3 Å². The van der Waals surface area contributed by atoms with E-state index in [0.29, 0.717) is 6.42 Å². The Morgan fingerprint density at radius 2 is 2.00 bits per heavy atom. The number of rotatable bonds is 2. The molecular formula is C12H12O5. The molecule has 0 saturated carbocycles. The Morgan fingerprint density at radius 3 is 2.65 bits per heavy atom. The molecule has 1 aliphatic heterocycles. The molecule has 17 heavy (non-hydrogen) atoms. The lowest BCUT2D eigenvalue weighted by Gasteiger charge is -2.05. The molecular weight excluding hydrogens is 224 g/mol. The Bertz CT molecular complexity index is 516. The van der Waals surface area contributed by atoms with Gasteiger partial charge >= 0.3 is 5.97 Å². The maximum Gasteiger partial charge on any atom is 0.344 e. The number of ether oxygens (including phenoxy) is 1. The standard InChI is InChI=1S/C12H12O5/c1-2-3-4-8-9-6(12(16)17-8)5-7(13)10(14)11(9)15/h4-5,13-15H,2-3H2,1H3/b8-4-. The van der Waals surface area contributed by atoms with E-state index in [2.05, 4.69) is 0 Å². The van der Waals surface area contributed by atoms with Crippen molar-refractivity contribution in [2.75, 3.05) is 0 Å². The van der Waals surface area contributed by atoms with Gasteiger partial charge in [0.2, 0.25) is 5.75 Å². The maximum absolute atomic E-state index is 11.5. The van der Waals surface area contributed by atoms with Crippen LogP contribution in [0.1, 0.15) is 35.7 Å². The SMILES string of the molecule is CCC/C=C1\OC(=O)c2cc(O)c(O)c(O)c21. The number of cyclic esters (lactones) is 1. The van der Waals surface area contributed by atoms with E-state index in [1.807, 2.05) is 6.92 Å². The molecule has 0 unspecified atom stereocenters. The summed E-state index contributed by atoms with van der Waals surface area (Å²) in [6.07, 6.45) is 3.21. The van der Waals surface area contributed by atoms with Crippen LogP contribution in [0.3, 0.4) is 0 Å². The molecule has 0 radical (unpaired) electrons. The third kappa shape index (κ3) is 1.69. The summed E-state index contributed by atoms with van der Waals surface area (Å²) in [6, 6.07) is 1.08. The third-order valence-corrected chi connectivity index (χ3v) is 2.54. The summed E-state index contributed by atoms with van der Waals surface area (Å²) in [5, 5.41) is 28.4. The van der Waals surface area contributed by atoms with E-state index in [0.717, 1.165) is 12.5 Å². The number of benzene rings is 1. The first-order valence-electron chi connectivity index (χ1n) is 5.26. The normalized spacial score (nSPS) is 16.1. The number of phenols is 3. The second kappa shape index (κ2) is 4.01. The first kappa shape index (κ1) is 11.3. The highest BCUT2D eigenvalue weighted by atomic mass is 16.5. The van der Waals surface area contributed by atoms with Crippen molar-refractivity contribution in [1.29, 1.82) is 0 Å². The van der Waals surface area contributed by atoms with E-state index in [4.69, 9.17) is 4.74 Å². The zero-order valence-electron chi connectivity index (χ0n) is 9.23. The average molecular weight is 236 g/mol. The number of carbonyl (C=O) groups is 1.